The van der Waals surface area contributed by atoms with Crippen molar-refractivity contribution in [2.75, 3.05) is 50.9 Å². The lowest BCUT2D eigenvalue weighted by atomic mass is 10.0. The first-order valence-electron chi connectivity index (χ1n) is 18.4. The molecule has 15 nitrogen and oxygen atoms in total. The lowest BCUT2D eigenvalue weighted by Gasteiger charge is -2.27. The number of nitrogens with zero attached hydrogens (tertiary/aromatic N) is 3. The number of amides is 6. The van der Waals surface area contributed by atoms with Crippen LogP contribution in [0.1, 0.15) is 72.6 Å². The van der Waals surface area contributed by atoms with Gasteiger partial charge >= 0.3 is 0 Å². The van der Waals surface area contributed by atoms with E-state index in [0.29, 0.717) is 63.4 Å². The fourth-order valence-corrected chi connectivity index (χ4v) is 7.52. The molecule has 1 aromatic heterocycles. The second-order valence-electron chi connectivity index (χ2n) is 13.5. The van der Waals surface area contributed by atoms with E-state index < -0.39 is 59.9 Å². The van der Waals surface area contributed by atoms with Crippen LogP contribution in [-0.4, -0.2) is 103 Å². The SMILES string of the molecule is CC(=O)NCC(CCCCCCNC(=O)COc1cccc2c1C(=O)N(C1CCC(=O)NC1=O)C2=O)Oc1c(-c2csc(N3CCOCC3)n2)ccc(F)c1F. The van der Waals surface area contributed by atoms with E-state index in [4.69, 9.17) is 14.2 Å². The summed E-state index contributed by atoms with van der Waals surface area (Å²) in [5.74, 6) is -5.81. The molecule has 298 valence electrons. The Morgan fingerprint density at radius 1 is 1.02 bits per heavy atom. The minimum absolute atomic E-state index is 0.00891. The second-order valence-corrected chi connectivity index (χ2v) is 14.3. The number of piperidine rings is 1. The summed E-state index contributed by atoms with van der Waals surface area (Å²) in [6.45, 7) is 3.84. The molecular formula is C38H42F2N6O9S. The zero-order valence-corrected chi connectivity index (χ0v) is 31.5. The van der Waals surface area contributed by atoms with Crippen LogP contribution in [0.5, 0.6) is 11.5 Å². The van der Waals surface area contributed by atoms with Gasteiger partial charge in [0.1, 0.15) is 17.9 Å². The molecule has 2 atom stereocenters. The Labute approximate surface area is 325 Å². The molecule has 2 unspecified atom stereocenters. The van der Waals surface area contributed by atoms with E-state index in [-0.39, 0.29) is 47.9 Å². The quantitative estimate of drug-likeness (QED) is 0.134. The number of imide groups is 2. The zero-order valence-electron chi connectivity index (χ0n) is 30.7. The molecule has 3 N–H and O–H groups in total. The molecule has 4 heterocycles. The molecule has 2 fully saturated rings. The molecule has 2 aromatic carbocycles. The number of nitrogens with one attached hydrogen (secondary N) is 3. The molecule has 3 aromatic rings. The number of halogens is 2. The summed E-state index contributed by atoms with van der Waals surface area (Å²) in [6.07, 6.45) is 2.45. The third kappa shape index (κ3) is 9.47. The first-order chi connectivity index (χ1) is 27.0. The van der Waals surface area contributed by atoms with Crippen molar-refractivity contribution in [1.82, 2.24) is 25.8 Å². The van der Waals surface area contributed by atoms with Gasteiger partial charge in [0.15, 0.2) is 23.3 Å². The summed E-state index contributed by atoms with van der Waals surface area (Å²) < 4.78 is 46.9. The average Bonchev–Trinajstić information content (AvgIpc) is 3.77. The number of unbranched alkanes of at least 4 members (excludes halogenated alkanes) is 3. The van der Waals surface area contributed by atoms with Crippen molar-refractivity contribution in [3.8, 4) is 22.8 Å². The molecule has 0 bridgehead atoms. The average molecular weight is 797 g/mol. The van der Waals surface area contributed by atoms with Gasteiger partial charge in [0, 0.05) is 43.9 Å². The highest BCUT2D eigenvalue weighted by molar-refractivity contribution is 7.14. The molecule has 3 aliphatic rings. The van der Waals surface area contributed by atoms with Crippen molar-refractivity contribution < 1.29 is 51.8 Å². The fraction of sp³-hybridized carbons (Fsp3) is 0.447. The number of ether oxygens (including phenoxy) is 3. The lowest BCUT2D eigenvalue weighted by molar-refractivity contribution is -0.136. The molecule has 0 radical (unpaired) electrons. The maximum Gasteiger partial charge on any atom is 0.266 e. The summed E-state index contributed by atoms with van der Waals surface area (Å²) in [7, 11) is 0. The summed E-state index contributed by atoms with van der Waals surface area (Å²) in [4.78, 5) is 82.1. The van der Waals surface area contributed by atoms with Gasteiger partial charge in [-0.2, -0.15) is 4.39 Å². The number of carbonyl (C=O) groups is 6. The predicted octanol–water partition coefficient (Wildman–Crippen LogP) is 3.36. The second kappa shape index (κ2) is 18.4. The van der Waals surface area contributed by atoms with Crippen molar-refractivity contribution >= 4 is 51.9 Å². The first kappa shape index (κ1) is 40.2. The highest BCUT2D eigenvalue weighted by atomic mass is 32.1. The summed E-state index contributed by atoms with van der Waals surface area (Å²) >= 11 is 1.39. The van der Waals surface area contributed by atoms with E-state index in [9.17, 15) is 33.2 Å². The molecule has 0 aliphatic carbocycles. The lowest BCUT2D eigenvalue weighted by Crippen LogP contribution is -2.54. The van der Waals surface area contributed by atoms with Gasteiger partial charge in [-0.3, -0.25) is 39.0 Å². The van der Waals surface area contributed by atoms with Gasteiger partial charge in [-0.1, -0.05) is 18.9 Å². The number of aromatic nitrogens is 1. The Hall–Kier alpha value is -5.49. The molecule has 3 aliphatic heterocycles. The van der Waals surface area contributed by atoms with Crippen LogP contribution in [-0.2, 0) is 23.9 Å². The van der Waals surface area contributed by atoms with Gasteiger partial charge in [-0.15, -0.1) is 11.3 Å². The number of thiazole rings is 1. The van der Waals surface area contributed by atoms with Crippen molar-refractivity contribution in [2.24, 2.45) is 0 Å². The van der Waals surface area contributed by atoms with E-state index in [1.54, 1.807) is 5.38 Å². The molecule has 2 saturated heterocycles. The van der Waals surface area contributed by atoms with Crippen molar-refractivity contribution in [3.05, 3.63) is 58.5 Å². The van der Waals surface area contributed by atoms with Gasteiger partial charge in [0.2, 0.25) is 23.5 Å². The number of anilines is 1. The van der Waals surface area contributed by atoms with Crippen LogP contribution in [0.3, 0.4) is 0 Å². The maximum absolute atomic E-state index is 15.3. The highest BCUT2D eigenvalue weighted by Gasteiger charge is 2.46. The van der Waals surface area contributed by atoms with E-state index in [1.165, 1.54) is 42.5 Å². The topological polar surface area (TPSA) is 186 Å². The highest BCUT2D eigenvalue weighted by Crippen LogP contribution is 2.38. The van der Waals surface area contributed by atoms with E-state index >= 15 is 4.39 Å². The van der Waals surface area contributed by atoms with E-state index in [1.807, 2.05) is 0 Å². The Bertz CT molecular complexity index is 1990. The van der Waals surface area contributed by atoms with Gasteiger partial charge < -0.3 is 29.7 Å². The zero-order chi connectivity index (χ0) is 39.8. The Morgan fingerprint density at radius 2 is 1.80 bits per heavy atom. The molecular weight excluding hydrogens is 755 g/mol. The van der Waals surface area contributed by atoms with Crippen LogP contribution in [0.15, 0.2) is 35.7 Å². The first-order valence-corrected chi connectivity index (χ1v) is 19.3. The standard InChI is InChI=1S/C38H42F2N6O9S/c1-22(47)42-19-23(55-34-24(10-11-26(39)33(34)40)27-21-56-38(43-27)45-15-17-53-18-16-45)7-4-2-3-5-14-41-31(49)20-54-29-9-6-8-25-32(29)37(52)46(36(25)51)28-12-13-30(48)44-35(28)50/h6,8-11,21,23,28H,2-5,7,12-20H2,1H3,(H,41,49)(H,42,47)(H,44,48,50). The minimum Gasteiger partial charge on any atom is -0.485 e. The van der Waals surface area contributed by atoms with Crippen LogP contribution in [0, 0.1) is 11.6 Å². The number of hydrogen-bond donors (Lipinski definition) is 3. The number of rotatable bonds is 17. The fourth-order valence-electron chi connectivity index (χ4n) is 6.64. The van der Waals surface area contributed by atoms with Crippen molar-refractivity contribution in [3.63, 3.8) is 0 Å². The largest absolute Gasteiger partial charge is 0.485 e. The van der Waals surface area contributed by atoms with Crippen molar-refractivity contribution in [1.29, 1.82) is 0 Å². The summed E-state index contributed by atoms with van der Waals surface area (Å²) in [6, 6.07) is 5.75. The van der Waals surface area contributed by atoms with Crippen LogP contribution in [0.2, 0.25) is 0 Å². The van der Waals surface area contributed by atoms with Crippen LogP contribution >= 0.6 is 11.3 Å². The monoisotopic (exact) mass is 796 g/mol. The van der Waals surface area contributed by atoms with E-state index in [2.05, 4.69) is 25.8 Å². The molecule has 56 heavy (non-hydrogen) atoms. The maximum atomic E-state index is 15.3. The Kier molecular flexibility index (Phi) is 13.2. The van der Waals surface area contributed by atoms with E-state index in [0.717, 1.165) is 28.9 Å². The van der Waals surface area contributed by atoms with Crippen LogP contribution < -0.4 is 30.3 Å². The molecule has 0 spiro atoms. The predicted molar refractivity (Wildman–Crippen MR) is 198 cm³/mol. The van der Waals surface area contributed by atoms with Gasteiger partial charge in [0.25, 0.3) is 17.7 Å². The Morgan fingerprint density at radius 3 is 2.57 bits per heavy atom. The third-order valence-electron chi connectivity index (χ3n) is 9.53. The molecule has 18 heteroatoms. The molecule has 6 amide bonds. The smallest absolute Gasteiger partial charge is 0.266 e. The summed E-state index contributed by atoms with van der Waals surface area (Å²) in [5.41, 5.74) is 0.747. The number of hydrogen-bond acceptors (Lipinski definition) is 12. The number of morpholine rings is 1. The molecule has 0 saturated carbocycles. The molecule has 6 rings (SSSR count). The van der Waals surface area contributed by atoms with Crippen LogP contribution in [0.4, 0.5) is 13.9 Å². The Balaban J connectivity index is 0.964. The third-order valence-corrected chi connectivity index (χ3v) is 10.4. The number of carbonyl (C=O) groups excluding carboxylic acids is 6. The van der Waals surface area contributed by atoms with Crippen molar-refractivity contribution in [2.45, 2.75) is 64.0 Å². The number of benzene rings is 2. The normalized spacial score (nSPS) is 17.4. The van der Waals surface area contributed by atoms with Gasteiger partial charge in [-0.25, -0.2) is 9.37 Å². The minimum atomic E-state index is -1.14. The number of fused-ring (bicyclic) bond motifs is 1. The summed E-state index contributed by atoms with van der Waals surface area (Å²) in [5, 5.41) is 10.1. The van der Waals surface area contributed by atoms with Crippen LogP contribution in [0.25, 0.3) is 11.3 Å². The van der Waals surface area contributed by atoms with Gasteiger partial charge in [-0.05, 0) is 49.9 Å². The van der Waals surface area contributed by atoms with Gasteiger partial charge in [0.05, 0.1) is 36.6 Å².